The number of thiophene rings is 1. The first-order chi connectivity index (χ1) is 20.1. The third-order valence-corrected chi connectivity index (χ3v) is 8.80. The van der Waals surface area contributed by atoms with Gasteiger partial charge in [0.05, 0.1) is 28.2 Å². The SMILES string of the molecule is CCCC[S+]([O-])c1cc(-c2csc(-c3cc(C(F)(F)F)c(C#N)c(=O)n3Cc3ccc(F)cc3F)c2)cc(C(F)(F)F)c1. The van der Waals surface area contributed by atoms with E-state index in [2.05, 4.69) is 0 Å². The van der Waals surface area contributed by atoms with E-state index >= 15 is 0 Å². The molecule has 0 aliphatic heterocycles. The van der Waals surface area contributed by atoms with Gasteiger partial charge in [-0.3, -0.25) is 4.79 Å². The number of pyridine rings is 1. The largest absolute Gasteiger partial charge is 0.611 e. The summed E-state index contributed by atoms with van der Waals surface area (Å²) in [5.74, 6) is -1.89. The molecule has 0 spiro atoms. The fourth-order valence-electron chi connectivity index (χ4n) is 4.24. The zero-order valence-electron chi connectivity index (χ0n) is 22.1. The molecule has 0 radical (unpaired) electrons. The van der Waals surface area contributed by atoms with Gasteiger partial charge in [-0.1, -0.05) is 19.4 Å². The van der Waals surface area contributed by atoms with Gasteiger partial charge in [-0.05, 0) is 58.4 Å². The highest BCUT2D eigenvalue weighted by atomic mass is 32.2. The molecule has 2 aromatic carbocycles. The zero-order valence-corrected chi connectivity index (χ0v) is 23.7. The Kier molecular flexibility index (Phi) is 9.39. The van der Waals surface area contributed by atoms with Crippen LogP contribution in [-0.4, -0.2) is 14.9 Å². The van der Waals surface area contributed by atoms with E-state index in [-0.39, 0.29) is 32.2 Å². The number of hydrogen-bond donors (Lipinski definition) is 0. The predicted molar refractivity (Wildman–Crippen MR) is 146 cm³/mol. The smallest absolute Gasteiger partial charge is 0.417 e. The Morgan fingerprint density at radius 1 is 0.977 bits per heavy atom. The molecule has 4 aromatic rings. The van der Waals surface area contributed by atoms with Crippen LogP contribution in [0.4, 0.5) is 35.1 Å². The Morgan fingerprint density at radius 3 is 2.30 bits per heavy atom. The van der Waals surface area contributed by atoms with Crippen LogP contribution in [-0.2, 0) is 30.1 Å². The third-order valence-electron chi connectivity index (χ3n) is 6.43. The molecule has 0 amide bonds. The molecular weight excluding hydrogens is 624 g/mol. The monoisotopic (exact) mass is 644 g/mol. The van der Waals surface area contributed by atoms with Crippen LogP contribution >= 0.6 is 11.3 Å². The van der Waals surface area contributed by atoms with Crippen molar-refractivity contribution in [3.63, 3.8) is 0 Å². The second-order valence-electron chi connectivity index (χ2n) is 9.40. The van der Waals surface area contributed by atoms with Crippen molar-refractivity contribution in [1.29, 1.82) is 5.26 Å². The molecule has 1 atom stereocenters. The molecule has 0 N–H and O–H groups in total. The molecular formula is C29H20F8N2O2S2. The topological polar surface area (TPSA) is 68.8 Å². The van der Waals surface area contributed by atoms with E-state index < -0.39 is 69.7 Å². The van der Waals surface area contributed by atoms with Crippen molar-refractivity contribution in [2.24, 2.45) is 0 Å². The highest BCUT2D eigenvalue weighted by molar-refractivity contribution is 7.91. The molecule has 0 aliphatic rings. The van der Waals surface area contributed by atoms with Gasteiger partial charge >= 0.3 is 12.4 Å². The lowest BCUT2D eigenvalue weighted by Gasteiger charge is -2.17. The number of hydrogen-bond acceptors (Lipinski definition) is 4. The van der Waals surface area contributed by atoms with Crippen molar-refractivity contribution < 1.29 is 39.7 Å². The van der Waals surface area contributed by atoms with Gasteiger partial charge in [0.25, 0.3) is 5.56 Å². The molecule has 2 heterocycles. The van der Waals surface area contributed by atoms with Crippen molar-refractivity contribution in [3.05, 3.63) is 98.2 Å². The van der Waals surface area contributed by atoms with Gasteiger partial charge in [0.2, 0.25) is 0 Å². The van der Waals surface area contributed by atoms with E-state index in [0.29, 0.717) is 25.0 Å². The minimum Gasteiger partial charge on any atom is -0.611 e. The summed E-state index contributed by atoms with van der Waals surface area (Å²) in [7, 11) is 0. The van der Waals surface area contributed by atoms with Crippen molar-refractivity contribution >= 4 is 22.5 Å². The number of aromatic nitrogens is 1. The fraction of sp³-hybridized carbons (Fsp3) is 0.241. The average Bonchev–Trinajstić information content (AvgIpc) is 3.42. The van der Waals surface area contributed by atoms with E-state index in [1.54, 1.807) is 0 Å². The van der Waals surface area contributed by atoms with Gasteiger partial charge in [0.1, 0.15) is 29.0 Å². The molecule has 226 valence electrons. The third kappa shape index (κ3) is 7.11. The van der Waals surface area contributed by atoms with Gasteiger partial charge in [-0.2, -0.15) is 31.6 Å². The summed E-state index contributed by atoms with van der Waals surface area (Å²) in [6, 6.07) is 8.33. The van der Waals surface area contributed by atoms with Crippen molar-refractivity contribution in [2.75, 3.05) is 5.75 Å². The molecule has 4 rings (SSSR count). The number of benzene rings is 2. The van der Waals surface area contributed by atoms with Crippen molar-refractivity contribution in [1.82, 2.24) is 4.57 Å². The van der Waals surface area contributed by atoms with Crippen LogP contribution in [0.1, 0.15) is 42.0 Å². The van der Waals surface area contributed by atoms with Crippen LogP contribution in [0.3, 0.4) is 0 Å². The van der Waals surface area contributed by atoms with Gasteiger partial charge in [-0.25, -0.2) is 8.78 Å². The molecule has 0 aliphatic carbocycles. The summed E-state index contributed by atoms with van der Waals surface area (Å²) in [4.78, 5) is 13.1. The summed E-state index contributed by atoms with van der Waals surface area (Å²) in [6.45, 7) is 1.16. The minimum absolute atomic E-state index is 0.0136. The Balaban J connectivity index is 1.91. The lowest BCUT2D eigenvalue weighted by Crippen LogP contribution is -2.28. The maximum Gasteiger partial charge on any atom is 0.417 e. The predicted octanol–water partition coefficient (Wildman–Crippen LogP) is 8.39. The van der Waals surface area contributed by atoms with Gasteiger partial charge in [-0.15, -0.1) is 11.3 Å². The van der Waals surface area contributed by atoms with Gasteiger partial charge < -0.3 is 9.12 Å². The number of nitriles is 1. The van der Waals surface area contributed by atoms with E-state index in [9.17, 15) is 49.7 Å². The number of unbranched alkanes of at least 4 members (excludes halogenated alkanes) is 1. The van der Waals surface area contributed by atoms with Crippen LogP contribution in [0.2, 0.25) is 0 Å². The van der Waals surface area contributed by atoms with E-state index in [4.69, 9.17) is 0 Å². The molecule has 1 unspecified atom stereocenters. The lowest BCUT2D eigenvalue weighted by atomic mass is 10.0. The maximum atomic E-state index is 14.5. The highest BCUT2D eigenvalue weighted by Crippen LogP contribution is 2.40. The second-order valence-corrected chi connectivity index (χ2v) is 11.9. The molecule has 0 fully saturated rings. The van der Waals surface area contributed by atoms with Gasteiger partial charge in [0.15, 0.2) is 4.90 Å². The van der Waals surface area contributed by atoms with Crippen LogP contribution in [0.15, 0.2) is 63.6 Å². The Bertz CT molecular complexity index is 1750. The summed E-state index contributed by atoms with van der Waals surface area (Å²) in [5, 5.41) is 10.7. The standard InChI is InChI=1S/C29H20F8N2O2S2/c1-2-3-6-43(41)21-8-17(7-19(10-21)28(32,33)34)18-9-26(42-15-18)25-12-23(29(35,36)37)22(13-38)27(40)39(25)14-16-4-5-20(30)11-24(16)31/h4-5,7-12,15H,2-3,6,14H2,1H3. The first-order valence-electron chi connectivity index (χ1n) is 12.5. The number of halogens is 8. The number of nitrogens with zero attached hydrogens (tertiary/aromatic N) is 2. The Morgan fingerprint density at radius 2 is 1.70 bits per heavy atom. The number of alkyl halides is 6. The molecule has 0 saturated carbocycles. The normalized spacial score (nSPS) is 12.8. The van der Waals surface area contributed by atoms with E-state index in [0.717, 1.165) is 40.2 Å². The van der Waals surface area contributed by atoms with Crippen LogP contribution in [0.25, 0.3) is 21.7 Å². The van der Waals surface area contributed by atoms with E-state index in [1.165, 1.54) is 23.6 Å². The van der Waals surface area contributed by atoms with Crippen LogP contribution in [0, 0.1) is 23.0 Å². The molecule has 2 aromatic heterocycles. The Labute approximate surface area is 247 Å². The zero-order chi connectivity index (χ0) is 31.7. The minimum atomic E-state index is -5.13. The summed E-state index contributed by atoms with van der Waals surface area (Å²) < 4.78 is 124. The summed E-state index contributed by atoms with van der Waals surface area (Å²) in [5.41, 5.74) is -5.79. The Hall–Kier alpha value is -3.67. The quantitative estimate of drug-likeness (QED) is 0.143. The molecule has 14 heteroatoms. The van der Waals surface area contributed by atoms with Crippen LogP contribution in [0.5, 0.6) is 0 Å². The summed E-state index contributed by atoms with van der Waals surface area (Å²) in [6.07, 6.45) is -8.74. The lowest BCUT2D eigenvalue weighted by molar-refractivity contribution is -0.138. The second kappa shape index (κ2) is 12.5. The van der Waals surface area contributed by atoms with Crippen molar-refractivity contribution in [3.8, 4) is 27.8 Å². The molecule has 0 bridgehead atoms. The molecule has 43 heavy (non-hydrogen) atoms. The molecule has 0 saturated heterocycles. The molecule has 4 nitrogen and oxygen atoms in total. The summed E-state index contributed by atoms with van der Waals surface area (Å²) >= 11 is -0.961. The average molecular weight is 645 g/mol. The first-order valence-corrected chi connectivity index (χ1v) is 14.7. The fourth-order valence-corrected chi connectivity index (χ4v) is 6.48. The number of rotatable bonds is 8. The van der Waals surface area contributed by atoms with Crippen molar-refractivity contribution in [2.45, 2.75) is 43.6 Å². The highest BCUT2D eigenvalue weighted by Gasteiger charge is 2.37. The van der Waals surface area contributed by atoms with Gasteiger partial charge in [0, 0.05) is 23.8 Å². The van der Waals surface area contributed by atoms with Crippen LogP contribution < -0.4 is 5.56 Å². The first kappa shape index (κ1) is 32.2. The maximum absolute atomic E-state index is 14.5. The van der Waals surface area contributed by atoms with E-state index in [1.807, 2.05) is 6.92 Å².